The molecule has 1 aliphatic heterocycles. The van der Waals surface area contributed by atoms with Gasteiger partial charge in [-0.05, 0) is 48.5 Å². The van der Waals surface area contributed by atoms with Gasteiger partial charge in [-0.15, -0.1) is 3.89 Å². The number of hydrogen-bond donors (Lipinski definition) is 1. The summed E-state index contributed by atoms with van der Waals surface area (Å²) in [5.74, 6) is -0.467. The van der Waals surface area contributed by atoms with Gasteiger partial charge in [-0.1, -0.05) is 0 Å². The third-order valence-corrected chi connectivity index (χ3v) is 5.21. The maximum atomic E-state index is 13.7. The number of anilines is 1. The molecule has 3 aromatic rings. The van der Waals surface area contributed by atoms with Crippen LogP contribution in [0.1, 0.15) is 11.3 Å². The molecule has 3 heterocycles. The van der Waals surface area contributed by atoms with Crippen molar-refractivity contribution in [1.29, 1.82) is 0 Å². The SMILES string of the molecule is CS.FSn1cc2c(n1)-c1cc(F)ccc1N(Sc1ccc(C(F)(F)F)nc1)C2. The molecule has 0 fully saturated rings. The zero-order valence-corrected chi connectivity index (χ0v) is 17.2. The second kappa shape index (κ2) is 8.84. The van der Waals surface area contributed by atoms with Crippen molar-refractivity contribution in [2.75, 3.05) is 10.6 Å². The van der Waals surface area contributed by atoms with Crippen LogP contribution in [0.2, 0.25) is 0 Å². The molecule has 0 unspecified atom stereocenters. The second-order valence-corrected chi connectivity index (χ2v) is 7.25. The number of thiol groups is 1. The van der Waals surface area contributed by atoms with Crippen molar-refractivity contribution in [2.24, 2.45) is 0 Å². The van der Waals surface area contributed by atoms with Gasteiger partial charge in [-0.3, -0.25) is 4.98 Å². The Bertz CT molecular complexity index is 992. The van der Waals surface area contributed by atoms with E-state index in [9.17, 15) is 21.4 Å². The Hall–Kier alpha value is -1.92. The van der Waals surface area contributed by atoms with Gasteiger partial charge in [0.2, 0.25) is 0 Å². The van der Waals surface area contributed by atoms with Crippen LogP contribution in [0, 0.1) is 5.82 Å². The van der Waals surface area contributed by atoms with E-state index in [-0.39, 0.29) is 12.3 Å². The van der Waals surface area contributed by atoms with Gasteiger partial charge in [0.25, 0.3) is 0 Å². The lowest BCUT2D eigenvalue weighted by molar-refractivity contribution is -0.141. The monoisotopic (exact) mass is 464 g/mol. The molecular weight excluding hydrogens is 451 g/mol. The fourth-order valence-electron chi connectivity index (χ4n) is 2.73. The number of aromatic nitrogens is 3. The molecule has 1 aliphatic rings. The third-order valence-electron chi connectivity index (χ3n) is 3.88. The summed E-state index contributed by atoms with van der Waals surface area (Å²) in [5.41, 5.74) is 1.28. The van der Waals surface area contributed by atoms with Crippen molar-refractivity contribution in [2.45, 2.75) is 17.6 Å². The summed E-state index contributed by atoms with van der Waals surface area (Å²) in [5, 5.41) is 4.10. The molecule has 2 aromatic heterocycles. The highest BCUT2D eigenvalue weighted by Gasteiger charge is 2.32. The highest BCUT2D eigenvalue weighted by molar-refractivity contribution is 8.00. The molecule has 0 bridgehead atoms. The van der Waals surface area contributed by atoms with E-state index in [0.29, 0.717) is 33.9 Å². The summed E-state index contributed by atoms with van der Waals surface area (Å²) in [7, 11) is 0. The molecule has 0 saturated carbocycles. The first-order chi connectivity index (χ1) is 13.8. The van der Waals surface area contributed by atoms with Crippen LogP contribution in [0.15, 0.2) is 47.6 Å². The summed E-state index contributed by atoms with van der Waals surface area (Å²) in [4.78, 5) is 3.93. The number of nitrogens with zero attached hydrogens (tertiary/aromatic N) is 4. The Morgan fingerprint density at radius 1 is 1.14 bits per heavy atom. The summed E-state index contributed by atoms with van der Waals surface area (Å²) >= 11 is 4.60. The number of fused-ring (bicyclic) bond motifs is 3. The van der Waals surface area contributed by atoms with Gasteiger partial charge in [0.15, 0.2) is 12.3 Å². The maximum absolute atomic E-state index is 13.7. The van der Waals surface area contributed by atoms with Crippen molar-refractivity contribution >= 4 is 42.6 Å². The minimum absolute atomic E-state index is 0.0798. The van der Waals surface area contributed by atoms with Crippen LogP contribution >= 0.6 is 36.9 Å². The predicted octanol–water partition coefficient (Wildman–Crippen LogP) is 6.06. The van der Waals surface area contributed by atoms with Crippen LogP contribution in [-0.4, -0.2) is 20.4 Å². The Morgan fingerprint density at radius 3 is 2.52 bits per heavy atom. The van der Waals surface area contributed by atoms with Crippen LogP contribution in [-0.2, 0) is 12.7 Å². The van der Waals surface area contributed by atoms with Gasteiger partial charge in [0, 0.05) is 28.4 Å². The second-order valence-electron chi connectivity index (χ2n) is 5.64. The highest BCUT2D eigenvalue weighted by Crippen LogP contribution is 2.43. The molecule has 0 atom stereocenters. The van der Waals surface area contributed by atoms with E-state index in [2.05, 4.69) is 22.7 Å². The van der Waals surface area contributed by atoms with E-state index in [1.54, 1.807) is 16.6 Å². The number of halogens is 5. The molecule has 1 aromatic carbocycles. The van der Waals surface area contributed by atoms with Gasteiger partial charge < -0.3 is 4.31 Å². The van der Waals surface area contributed by atoms with E-state index in [0.717, 1.165) is 28.3 Å². The number of rotatable bonds is 3. The first kappa shape index (κ1) is 21.8. The first-order valence-corrected chi connectivity index (χ1v) is 10.3. The highest BCUT2D eigenvalue weighted by atomic mass is 32.2. The zero-order valence-electron chi connectivity index (χ0n) is 14.7. The predicted molar refractivity (Wildman–Crippen MR) is 108 cm³/mol. The molecule has 0 spiro atoms. The average molecular weight is 465 g/mol. The normalized spacial score (nSPS) is 12.7. The van der Waals surface area contributed by atoms with Gasteiger partial charge in [-0.25, -0.2) is 4.39 Å². The minimum atomic E-state index is -4.51. The van der Waals surface area contributed by atoms with Crippen LogP contribution in [0.4, 0.5) is 27.1 Å². The van der Waals surface area contributed by atoms with Gasteiger partial charge >= 0.3 is 6.18 Å². The number of pyridine rings is 1. The van der Waals surface area contributed by atoms with Crippen molar-refractivity contribution in [3.63, 3.8) is 0 Å². The average Bonchev–Trinajstić information content (AvgIpc) is 3.13. The molecule has 0 amide bonds. The Kier molecular flexibility index (Phi) is 6.64. The van der Waals surface area contributed by atoms with E-state index >= 15 is 0 Å². The van der Waals surface area contributed by atoms with Crippen LogP contribution < -0.4 is 4.31 Å². The Labute approximate surface area is 177 Å². The molecule has 4 rings (SSSR count). The molecule has 0 aliphatic carbocycles. The maximum Gasteiger partial charge on any atom is 0.433 e. The van der Waals surface area contributed by atoms with E-state index in [1.165, 1.54) is 24.4 Å². The number of benzene rings is 1. The number of hydrogen-bond acceptors (Lipinski definition) is 6. The van der Waals surface area contributed by atoms with Gasteiger partial charge in [0.05, 0.1) is 12.2 Å². The largest absolute Gasteiger partial charge is 0.433 e. The molecule has 0 radical (unpaired) electrons. The molecule has 29 heavy (non-hydrogen) atoms. The fourth-order valence-corrected chi connectivity index (χ4v) is 3.95. The smallest absolute Gasteiger partial charge is 0.307 e. The lowest BCUT2D eigenvalue weighted by atomic mass is 10.0. The molecule has 12 heteroatoms. The Balaban J connectivity index is 0.00000117. The summed E-state index contributed by atoms with van der Waals surface area (Å²) in [6.07, 6.45) is -0.189. The molecule has 0 saturated heterocycles. The van der Waals surface area contributed by atoms with Gasteiger partial charge in [0.1, 0.15) is 17.2 Å². The van der Waals surface area contributed by atoms with Crippen molar-refractivity contribution in [3.05, 3.63) is 59.8 Å². The molecule has 4 nitrogen and oxygen atoms in total. The summed E-state index contributed by atoms with van der Waals surface area (Å²) in [6.45, 7) is 0.320. The summed E-state index contributed by atoms with van der Waals surface area (Å²) in [6, 6.07) is 6.36. The fraction of sp³-hybridized carbons (Fsp3) is 0.176. The third kappa shape index (κ3) is 4.64. The quantitative estimate of drug-likeness (QED) is 0.290. The summed E-state index contributed by atoms with van der Waals surface area (Å²) < 4.78 is 67.4. The van der Waals surface area contributed by atoms with Crippen molar-refractivity contribution < 1.29 is 21.4 Å². The van der Waals surface area contributed by atoms with Crippen LogP contribution in [0.3, 0.4) is 0 Å². The van der Waals surface area contributed by atoms with Crippen molar-refractivity contribution in [3.8, 4) is 11.3 Å². The zero-order chi connectivity index (χ0) is 21.2. The minimum Gasteiger partial charge on any atom is -0.307 e. The molecule has 154 valence electrons. The van der Waals surface area contributed by atoms with E-state index in [4.69, 9.17) is 0 Å². The Morgan fingerprint density at radius 2 is 1.90 bits per heavy atom. The van der Waals surface area contributed by atoms with E-state index < -0.39 is 17.7 Å². The molecular formula is C17H13F5N4S3. The number of alkyl halides is 3. The van der Waals surface area contributed by atoms with Crippen LogP contribution in [0.25, 0.3) is 11.3 Å². The molecule has 0 N–H and O–H groups in total. The lowest BCUT2D eigenvalue weighted by Crippen LogP contribution is -2.19. The van der Waals surface area contributed by atoms with E-state index in [1.807, 2.05) is 0 Å². The standard InChI is InChI=1S/C16H9F5N4S2.CH4S/c17-10-1-3-13-12(5-10)15-9(8-25(23-15)27-21)7-24(13)26-11-2-4-14(22-6-11)16(18,19)20;1-2/h1-6,8H,7H2;2H,1H3. The van der Waals surface area contributed by atoms with Crippen molar-refractivity contribution in [1.82, 2.24) is 14.2 Å². The first-order valence-electron chi connectivity index (χ1n) is 7.96. The topological polar surface area (TPSA) is 34.0 Å². The van der Waals surface area contributed by atoms with Gasteiger partial charge in [-0.2, -0.15) is 35.0 Å². The van der Waals surface area contributed by atoms with Crippen LogP contribution in [0.5, 0.6) is 0 Å². The lowest BCUT2D eigenvalue weighted by Gasteiger charge is -2.29.